The molecule has 106 valence electrons. The van der Waals surface area contributed by atoms with Crippen molar-refractivity contribution in [3.8, 4) is 0 Å². The molecule has 7 heteroatoms. The van der Waals surface area contributed by atoms with Crippen LogP contribution < -0.4 is 9.44 Å². The van der Waals surface area contributed by atoms with Gasteiger partial charge in [0.25, 0.3) is 10.2 Å². The summed E-state index contributed by atoms with van der Waals surface area (Å²) in [5.41, 5.74) is -0.945. The van der Waals surface area contributed by atoms with Crippen molar-refractivity contribution in [2.45, 2.75) is 45.4 Å². The predicted molar refractivity (Wildman–Crippen MR) is 68.4 cm³/mol. The number of hydrogen-bond donors (Lipinski definition) is 3. The second kappa shape index (κ2) is 6.49. The van der Waals surface area contributed by atoms with Gasteiger partial charge in [0, 0.05) is 13.1 Å². The van der Waals surface area contributed by atoms with Gasteiger partial charge in [0.1, 0.15) is 0 Å². The third kappa shape index (κ3) is 4.22. The van der Waals surface area contributed by atoms with Gasteiger partial charge in [0.2, 0.25) is 0 Å². The van der Waals surface area contributed by atoms with Crippen molar-refractivity contribution in [2.75, 3.05) is 13.1 Å². The summed E-state index contributed by atoms with van der Waals surface area (Å²) in [6.07, 6.45) is 4.81. The molecule has 6 nitrogen and oxygen atoms in total. The number of rotatable bonds is 6. The molecular weight excluding hydrogens is 256 g/mol. The van der Waals surface area contributed by atoms with Crippen molar-refractivity contribution >= 4 is 16.2 Å². The van der Waals surface area contributed by atoms with E-state index in [0.717, 1.165) is 25.7 Å². The second-order valence-corrected chi connectivity index (χ2v) is 6.41. The van der Waals surface area contributed by atoms with Gasteiger partial charge < -0.3 is 5.11 Å². The summed E-state index contributed by atoms with van der Waals surface area (Å²) < 4.78 is 27.7. The monoisotopic (exact) mass is 278 g/mol. The Hall–Kier alpha value is -0.660. The van der Waals surface area contributed by atoms with E-state index in [-0.39, 0.29) is 13.1 Å². The minimum Gasteiger partial charge on any atom is -0.481 e. The third-order valence-corrected chi connectivity index (χ3v) is 4.64. The van der Waals surface area contributed by atoms with Gasteiger partial charge in [-0.05, 0) is 12.8 Å². The highest BCUT2D eigenvalue weighted by Crippen LogP contribution is 2.34. The second-order valence-electron chi connectivity index (χ2n) is 4.82. The van der Waals surface area contributed by atoms with Gasteiger partial charge in [-0.25, -0.2) is 9.44 Å². The fraction of sp³-hybridized carbons (Fsp3) is 0.909. The molecule has 0 unspecified atom stereocenters. The van der Waals surface area contributed by atoms with Crippen LogP contribution in [0.15, 0.2) is 0 Å². The average molecular weight is 278 g/mol. The first-order chi connectivity index (χ1) is 8.42. The Morgan fingerprint density at radius 1 is 1.17 bits per heavy atom. The zero-order chi connectivity index (χ0) is 13.6. The largest absolute Gasteiger partial charge is 0.481 e. The van der Waals surface area contributed by atoms with Crippen molar-refractivity contribution in [2.24, 2.45) is 5.41 Å². The Morgan fingerprint density at radius 2 is 1.72 bits per heavy atom. The summed E-state index contributed by atoms with van der Waals surface area (Å²) in [4.78, 5) is 11.4. The predicted octanol–water partition coefficient (Wildman–Crippen LogP) is 0.855. The molecule has 0 bridgehead atoms. The topological polar surface area (TPSA) is 95.5 Å². The first-order valence-corrected chi connectivity index (χ1v) is 7.88. The maximum Gasteiger partial charge on any atom is 0.310 e. The number of carboxylic acids is 1. The maximum atomic E-state index is 11.5. The lowest BCUT2D eigenvalue weighted by Gasteiger charge is -2.28. The number of carboxylic acid groups (broad SMARTS) is 1. The highest BCUT2D eigenvalue weighted by molar-refractivity contribution is 7.87. The summed E-state index contributed by atoms with van der Waals surface area (Å²) in [6, 6.07) is 0. The summed E-state index contributed by atoms with van der Waals surface area (Å²) in [5.74, 6) is -0.899. The van der Waals surface area contributed by atoms with Crippen molar-refractivity contribution < 1.29 is 18.3 Å². The van der Waals surface area contributed by atoms with Crippen LogP contribution in [0.1, 0.15) is 45.4 Å². The first kappa shape index (κ1) is 15.4. The molecule has 1 saturated carbocycles. The van der Waals surface area contributed by atoms with Crippen LogP contribution in [0.4, 0.5) is 0 Å². The van der Waals surface area contributed by atoms with Crippen molar-refractivity contribution in [3.63, 3.8) is 0 Å². The zero-order valence-electron chi connectivity index (χ0n) is 10.7. The van der Waals surface area contributed by atoms with E-state index in [1.54, 1.807) is 6.92 Å². The molecule has 3 N–H and O–H groups in total. The Kier molecular flexibility index (Phi) is 5.55. The van der Waals surface area contributed by atoms with E-state index < -0.39 is 21.6 Å². The molecule has 1 fully saturated rings. The van der Waals surface area contributed by atoms with Gasteiger partial charge in [-0.3, -0.25) is 4.79 Å². The maximum absolute atomic E-state index is 11.5. The molecular formula is C11H22N2O4S. The van der Waals surface area contributed by atoms with Crippen LogP contribution in [0.3, 0.4) is 0 Å². The molecule has 0 aromatic heterocycles. The van der Waals surface area contributed by atoms with E-state index in [0.29, 0.717) is 12.8 Å². The van der Waals surface area contributed by atoms with Crippen LogP contribution in [-0.2, 0) is 15.0 Å². The number of aliphatic carboxylic acids is 1. The molecule has 0 aromatic carbocycles. The van der Waals surface area contributed by atoms with Gasteiger partial charge in [-0.15, -0.1) is 0 Å². The van der Waals surface area contributed by atoms with E-state index in [2.05, 4.69) is 9.44 Å². The molecule has 1 rings (SSSR count). The molecule has 0 heterocycles. The SMILES string of the molecule is CCNS(=O)(=O)NCC1(C(=O)O)CCCCCC1. The highest BCUT2D eigenvalue weighted by atomic mass is 32.2. The molecule has 0 saturated heterocycles. The Balaban J connectivity index is 2.71. The zero-order valence-corrected chi connectivity index (χ0v) is 11.6. The lowest BCUT2D eigenvalue weighted by atomic mass is 9.80. The number of nitrogens with one attached hydrogen (secondary N) is 2. The summed E-state index contributed by atoms with van der Waals surface area (Å²) in [7, 11) is -3.58. The number of hydrogen-bond acceptors (Lipinski definition) is 3. The van der Waals surface area contributed by atoms with E-state index in [1.807, 2.05) is 0 Å². The summed E-state index contributed by atoms with van der Waals surface area (Å²) in [5, 5.41) is 9.39. The van der Waals surface area contributed by atoms with E-state index in [1.165, 1.54) is 0 Å². The van der Waals surface area contributed by atoms with Crippen LogP contribution in [0.25, 0.3) is 0 Å². The van der Waals surface area contributed by atoms with Gasteiger partial charge in [0.15, 0.2) is 0 Å². The van der Waals surface area contributed by atoms with Gasteiger partial charge in [0.05, 0.1) is 5.41 Å². The molecule has 0 aliphatic heterocycles. The van der Waals surface area contributed by atoms with Crippen molar-refractivity contribution in [1.29, 1.82) is 0 Å². The van der Waals surface area contributed by atoms with Crippen LogP contribution in [0.2, 0.25) is 0 Å². The molecule has 0 aromatic rings. The molecule has 0 spiro atoms. The molecule has 1 aliphatic rings. The quantitative estimate of drug-likeness (QED) is 0.628. The summed E-state index contributed by atoms with van der Waals surface area (Å²) in [6.45, 7) is 1.94. The normalized spacial score (nSPS) is 20.3. The summed E-state index contributed by atoms with van der Waals surface area (Å²) >= 11 is 0. The Bertz CT molecular complexity index is 373. The minimum atomic E-state index is -3.58. The fourth-order valence-electron chi connectivity index (χ4n) is 2.35. The minimum absolute atomic E-state index is 0.0301. The highest BCUT2D eigenvalue weighted by Gasteiger charge is 2.39. The van der Waals surface area contributed by atoms with E-state index >= 15 is 0 Å². The Labute approximate surface area is 108 Å². The molecule has 0 amide bonds. The van der Waals surface area contributed by atoms with Crippen LogP contribution in [-0.4, -0.2) is 32.6 Å². The van der Waals surface area contributed by atoms with Gasteiger partial charge in [-0.1, -0.05) is 32.6 Å². The van der Waals surface area contributed by atoms with Crippen molar-refractivity contribution in [1.82, 2.24) is 9.44 Å². The van der Waals surface area contributed by atoms with Crippen LogP contribution in [0.5, 0.6) is 0 Å². The average Bonchev–Trinajstić information content (AvgIpc) is 2.53. The third-order valence-electron chi connectivity index (χ3n) is 3.45. The van der Waals surface area contributed by atoms with Crippen molar-refractivity contribution in [3.05, 3.63) is 0 Å². The molecule has 0 radical (unpaired) electrons. The lowest BCUT2D eigenvalue weighted by Crippen LogP contribution is -2.46. The van der Waals surface area contributed by atoms with Crippen LogP contribution in [0, 0.1) is 5.41 Å². The Morgan fingerprint density at radius 3 is 2.17 bits per heavy atom. The van der Waals surface area contributed by atoms with E-state index in [4.69, 9.17) is 0 Å². The first-order valence-electron chi connectivity index (χ1n) is 6.39. The van der Waals surface area contributed by atoms with Crippen LogP contribution >= 0.6 is 0 Å². The standard InChI is InChI=1S/C11H22N2O4S/c1-2-12-18(16,17)13-9-11(10(14)15)7-5-3-4-6-8-11/h12-13H,2-9H2,1H3,(H,14,15). The molecule has 18 heavy (non-hydrogen) atoms. The number of carbonyl (C=O) groups is 1. The van der Waals surface area contributed by atoms with Gasteiger partial charge >= 0.3 is 5.97 Å². The fourth-order valence-corrected chi connectivity index (χ4v) is 3.29. The van der Waals surface area contributed by atoms with E-state index in [9.17, 15) is 18.3 Å². The smallest absolute Gasteiger partial charge is 0.310 e. The molecule has 0 atom stereocenters. The molecule has 1 aliphatic carbocycles. The lowest BCUT2D eigenvalue weighted by molar-refractivity contribution is -0.149. The van der Waals surface area contributed by atoms with Gasteiger partial charge in [-0.2, -0.15) is 8.42 Å².